The molecule has 2 atom stereocenters. The number of nitrogens with zero attached hydrogens (tertiary/aromatic N) is 2. The van der Waals surface area contributed by atoms with Crippen LogP contribution in [0.4, 0.5) is 18.9 Å². The third kappa shape index (κ3) is 8.32. The smallest absolute Gasteiger partial charge is 0.352 e. The summed E-state index contributed by atoms with van der Waals surface area (Å²) in [7, 11) is -4.48. The maximum Gasteiger partial charge on any atom is 0.416 e. The van der Waals surface area contributed by atoms with E-state index in [1.165, 1.54) is 42.2 Å². The standard InChI is InChI=1S/C29H31BrF3N3O4S/c1-4-20(2)34-28(38)21(3)35(18-22-13-15-24(30)16-14-22)27(37)19-36(41(39,40)26-11-6-5-7-12-26)25-10-8-9-23(17-25)29(31,32)33/h5-17,20-21H,4,18-19H2,1-3H3,(H,34,38)/t20-,21-/m1/s1. The number of sulfonamides is 1. The molecule has 0 unspecified atom stereocenters. The van der Waals surface area contributed by atoms with Gasteiger partial charge in [0.25, 0.3) is 10.0 Å². The molecule has 41 heavy (non-hydrogen) atoms. The van der Waals surface area contributed by atoms with E-state index in [0.717, 1.165) is 16.6 Å². The van der Waals surface area contributed by atoms with Crippen LogP contribution in [0.1, 0.15) is 38.3 Å². The number of nitrogens with one attached hydrogen (secondary N) is 1. The van der Waals surface area contributed by atoms with Gasteiger partial charge < -0.3 is 10.2 Å². The Labute approximate surface area is 246 Å². The molecule has 0 saturated carbocycles. The highest BCUT2D eigenvalue weighted by Gasteiger charge is 2.35. The van der Waals surface area contributed by atoms with Crippen LogP contribution >= 0.6 is 15.9 Å². The fourth-order valence-corrected chi connectivity index (χ4v) is 5.61. The molecule has 0 aliphatic carbocycles. The molecule has 3 rings (SSSR count). The summed E-state index contributed by atoms with van der Waals surface area (Å²) in [6, 6.07) is 16.7. The number of alkyl halides is 3. The van der Waals surface area contributed by atoms with Crippen molar-refractivity contribution in [1.29, 1.82) is 0 Å². The van der Waals surface area contributed by atoms with Gasteiger partial charge in [-0.3, -0.25) is 13.9 Å². The molecule has 0 spiro atoms. The molecule has 1 N–H and O–H groups in total. The number of hydrogen-bond acceptors (Lipinski definition) is 4. The summed E-state index contributed by atoms with van der Waals surface area (Å²) < 4.78 is 69.5. The van der Waals surface area contributed by atoms with Gasteiger partial charge in [-0.15, -0.1) is 0 Å². The van der Waals surface area contributed by atoms with E-state index in [-0.39, 0.29) is 23.2 Å². The number of amides is 2. The van der Waals surface area contributed by atoms with Gasteiger partial charge in [-0.05, 0) is 68.3 Å². The van der Waals surface area contributed by atoms with Gasteiger partial charge in [0.2, 0.25) is 11.8 Å². The fourth-order valence-electron chi connectivity index (χ4n) is 3.92. The second kappa shape index (κ2) is 13.5. The van der Waals surface area contributed by atoms with E-state index in [2.05, 4.69) is 21.2 Å². The van der Waals surface area contributed by atoms with Crippen molar-refractivity contribution in [2.75, 3.05) is 10.8 Å². The van der Waals surface area contributed by atoms with Gasteiger partial charge in [-0.2, -0.15) is 13.2 Å². The van der Waals surface area contributed by atoms with E-state index in [1.54, 1.807) is 30.3 Å². The molecule has 0 aliphatic heterocycles. The Kier molecular flexibility index (Phi) is 10.6. The van der Waals surface area contributed by atoms with Crippen molar-refractivity contribution in [3.8, 4) is 0 Å². The first kappa shape index (κ1) is 32.1. The highest BCUT2D eigenvalue weighted by atomic mass is 79.9. The number of hydrogen-bond donors (Lipinski definition) is 1. The van der Waals surface area contributed by atoms with Crippen molar-refractivity contribution in [3.63, 3.8) is 0 Å². The Morgan fingerprint density at radius 1 is 0.951 bits per heavy atom. The number of halogens is 4. The summed E-state index contributed by atoms with van der Waals surface area (Å²) in [6.45, 7) is 4.35. The van der Waals surface area contributed by atoms with Gasteiger partial charge in [0.1, 0.15) is 12.6 Å². The molecule has 0 heterocycles. The topological polar surface area (TPSA) is 86.8 Å². The molecule has 220 valence electrons. The van der Waals surface area contributed by atoms with E-state index in [0.29, 0.717) is 22.4 Å². The predicted octanol–water partition coefficient (Wildman–Crippen LogP) is 6.00. The zero-order valence-electron chi connectivity index (χ0n) is 22.7. The predicted molar refractivity (Wildman–Crippen MR) is 154 cm³/mol. The van der Waals surface area contributed by atoms with E-state index in [9.17, 15) is 31.2 Å². The molecule has 12 heteroatoms. The SMILES string of the molecule is CC[C@@H](C)NC(=O)[C@@H](C)N(Cc1ccc(Br)cc1)C(=O)CN(c1cccc(C(F)(F)F)c1)S(=O)(=O)c1ccccc1. The molecular weight excluding hydrogens is 623 g/mol. The maximum atomic E-state index is 13.9. The Morgan fingerprint density at radius 2 is 1.59 bits per heavy atom. The van der Waals surface area contributed by atoms with E-state index in [4.69, 9.17) is 0 Å². The number of anilines is 1. The van der Waals surface area contributed by atoms with Crippen LogP contribution in [-0.4, -0.2) is 43.8 Å². The minimum Gasteiger partial charge on any atom is -0.352 e. The van der Waals surface area contributed by atoms with Crippen molar-refractivity contribution in [2.45, 2.75) is 56.9 Å². The van der Waals surface area contributed by atoms with Gasteiger partial charge in [-0.25, -0.2) is 8.42 Å². The molecule has 0 fully saturated rings. The lowest BCUT2D eigenvalue weighted by Gasteiger charge is -2.32. The molecule has 2 amide bonds. The van der Waals surface area contributed by atoms with Crippen LogP contribution in [0.15, 0.2) is 88.2 Å². The highest BCUT2D eigenvalue weighted by molar-refractivity contribution is 9.10. The molecule has 3 aromatic rings. The zero-order valence-corrected chi connectivity index (χ0v) is 25.1. The van der Waals surface area contributed by atoms with Crippen molar-refractivity contribution in [3.05, 3.63) is 94.5 Å². The van der Waals surface area contributed by atoms with Crippen molar-refractivity contribution < 1.29 is 31.2 Å². The van der Waals surface area contributed by atoms with Gasteiger partial charge in [0.05, 0.1) is 16.1 Å². The summed E-state index contributed by atoms with van der Waals surface area (Å²) in [6.07, 6.45) is -4.09. The van der Waals surface area contributed by atoms with Crippen molar-refractivity contribution >= 4 is 43.5 Å². The van der Waals surface area contributed by atoms with Crippen LogP contribution in [0.5, 0.6) is 0 Å². The number of carbonyl (C=O) groups is 2. The Balaban J connectivity index is 2.07. The normalized spacial score (nSPS) is 13.2. The van der Waals surface area contributed by atoms with E-state index >= 15 is 0 Å². The summed E-state index contributed by atoms with van der Waals surface area (Å²) >= 11 is 3.35. The van der Waals surface area contributed by atoms with Gasteiger partial charge >= 0.3 is 6.18 Å². The first-order valence-corrected chi connectivity index (χ1v) is 15.1. The molecule has 3 aromatic carbocycles. The van der Waals surface area contributed by atoms with Crippen molar-refractivity contribution in [2.24, 2.45) is 0 Å². The number of rotatable bonds is 11. The van der Waals surface area contributed by atoms with Crippen LogP contribution < -0.4 is 9.62 Å². The average molecular weight is 655 g/mol. The summed E-state index contributed by atoms with van der Waals surface area (Å²) in [5, 5.41) is 2.83. The lowest BCUT2D eigenvalue weighted by molar-refractivity contribution is -0.139. The fraction of sp³-hybridized carbons (Fsp3) is 0.310. The third-order valence-electron chi connectivity index (χ3n) is 6.51. The van der Waals surface area contributed by atoms with Crippen LogP contribution in [-0.2, 0) is 32.3 Å². The lowest BCUT2D eigenvalue weighted by atomic mass is 10.1. The van der Waals surface area contributed by atoms with E-state index in [1.807, 2.05) is 13.8 Å². The minimum absolute atomic E-state index is 0.0387. The number of benzene rings is 3. The summed E-state index contributed by atoms with van der Waals surface area (Å²) in [5.74, 6) is -1.21. The average Bonchev–Trinajstić information content (AvgIpc) is 2.95. The first-order chi connectivity index (χ1) is 19.2. The zero-order chi connectivity index (χ0) is 30.4. The highest BCUT2D eigenvalue weighted by Crippen LogP contribution is 2.33. The molecule has 0 aliphatic rings. The second-order valence-corrected chi connectivity index (χ2v) is 12.3. The second-order valence-electron chi connectivity index (χ2n) is 9.51. The van der Waals surface area contributed by atoms with Crippen molar-refractivity contribution in [1.82, 2.24) is 10.2 Å². The molecule has 7 nitrogen and oxygen atoms in total. The molecule has 0 radical (unpaired) electrons. The van der Waals surface area contributed by atoms with Gasteiger partial charge in [0, 0.05) is 17.1 Å². The third-order valence-corrected chi connectivity index (χ3v) is 8.82. The summed E-state index contributed by atoms with van der Waals surface area (Å²) in [5.41, 5.74) is -0.734. The quantitative estimate of drug-likeness (QED) is 0.275. The first-order valence-electron chi connectivity index (χ1n) is 12.8. The lowest BCUT2D eigenvalue weighted by Crippen LogP contribution is -2.52. The largest absolute Gasteiger partial charge is 0.416 e. The van der Waals surface area contributed by atoms with Gasteiger partial charge in [0.15, 0.2) is 0 Å². The molecular formula is C29H31BrF3N3O4S. The summed E-state index contributed by atoms with van der Waals surface area (Å²) in [4.78, 5) is 28.0. The maximum absolute atomic E-state index is 13.9. The Bertz CT molecular complexity index is 1450. The Hall–Kier alpha value is -3.38. The number of carbonyl (C=O) groups excluding carboxylic acids is 2. The molecule has 0 bridgehead atoms. The molecule has 0 saturated heterocycles. The monoisotopic (exact) mass is 653 g/mol. The van der Waals surface area contributed by atoms with E-state index < -0.39 is 46.2 Å². The van der Waals surface area contributed by atoms with Crippen LogP contribution in [0.2, 0.25) is 0 Å². The van der Waals surface area contributed by atoms with Crippen LogP contribution in [0.25, 0.3) is 0 Å². The van der Waals surface area contributed by atoms with Crippen LogP contribution in [0.3, 0.4) is 0 Å². The van der Waals surface area contributed by atoms with Crippen LogP contribution in [0, 0.1) is 0 Å². The molecule has 0 aromatic heterocycles. The Morgan fingerprint density at radius 3 is 2.17 bits per heavy atom. The minimum atomic E-state index is -4.74. The van der Waals surface area contributed by atoms with Gasteiger partial charge in [-0.1, -0.05) is 59.3 Å².